The third-order valence-corrected chi connectivity index (χ3v) is 6.58. The molecule has 1 aliphatic heterocycles. The normalized spacial score (nSPS) is 16.1. The van der Waals surface area contributed by atoms with Crippen molar-refractivity contribution in [2.45, 2.75) is 31.1 Å². The Bertz CT molecular complexity index is 1100. The van der Waals surface area contributed by atoms with Gasteiger partial charge >= 0.3 is 0 Å². The third kappa shape index (κ3) is 2.87. The molecule has 0 N–H and O–H groups in total. The summed E-state index contributed by atoms with van der Waals surface area (Å²) >= 11 is 1.81. The number of hydrogen-bond donors (Lipinski definition) is 0. The first-order valence-corrected chi connectivity index (χ1v) is 10.4. The SMILES string of the molecule is C=C1CC/C=C\Sc2ccc(-c3cccc4c3-c3cc(C)ccc3C4)cc21. The van der Waals surface area contributed by atoms with Crippen LogP contribution in [0.1, 0.15) is 35.1 Å². The van der Waals surface area contributed by atoms with Crippen LogP contribution in [0, 0.1) is 6.92 Å². The number of aryl methyl sites for hydroxylation is 1. The molecule has 0 nitrogen and oxygen atoms in total. The lowest BCUT2D eigenvalue weighted by Crippen LogP contribution is -1.92. The van der Waals surface area contributed by atoms with Crippen LogP contribution in [0.4, 0.5) is 0 Å². The minimum Gasteiger partial charge on any atom is -0.0978 e. The van der Waals surface area contributed by atoms with Gasteiger partial charge in [0, 0.05) is 4.90 Å². The minimum atomic E-state index is 1.03. The highest BCUT2D eigenvalue weighted by atomic mass is 32.2. The van der Waals surface area contributed by atoms with Crippen molar-refractivity contribution >= 4 is 17.3 Å². The van der Waals surface area contributed by atoms with Gasteiger partial charge in [-0.1, -0.05) is 72.4 Å². The molecule has 1 aliphatic carbocycles. The number of allylic oxidation sites excluding steroid dienone is 2. The molecule has 3 aromatic rings. The number of fused-ring (bicyclic) bond motifs is 4. The van der Waals surface area contributed by atoms with Crippen LogP contribution in [0.15, 0.2) is 77.6 Å². The molecule has 1 heterocycles. The van der Waals surface area contributed by atoms with E-state index in [9.17, 15) is 0 Å². The predicted octanol–water partition coefficient (Wildman–Crippen LogP) is 7.65. The lowest BCUT2D eigenvalue weighted by molar-refractivity contribution is 1.06. The van der Waals surface area contributed by atoms with Crippen molar-refractivity contribution in [3.05, 3.63) is 94.9 Å². The van der Waals surface area contributed by atoms with Crippen molar-refractivity contribution in [1.29, 1.82) is 0 Å². The molecule has 0 fully saturated rings. The van der Waals surface area contributed by atoms with Crippen LogP contribution in [-0.4, -0.2) is 0 Å². The quantitative estimate of drug-likeness (QED) is 0.333. The fraction of sp³-hybridized carbons (Fsp3) is 0.154. The summed E-state index contributed by atoms with van der Waals surface area (Å²) in [4.78, 5) is 1.31. The molecule has 0 saturated heterocycles. The Morgan fingerprint density at radius 1 is 0.889 bits per heavy atom. The maximum absolute atomic E-state index is 4.36. The van der Waals surface area contributed by atoms with E-state index < -0.39 is 0 Å². The van der Waals surface area contributed by atoms with Gasteiger partial charge in [-0.25, -0.2) is 0 Å². The predicted molar refractivity (Wildman–Crippen MR) is 118 cm³/mol. The highest BCUT2D eigenvalue weighted by Gasteiger charge is 2.22. The molecule has 0 spiro atoms. The van der Waals surface area contributed by atoms with Gasteiger partial charge < -0.3 is 0 Å². The molecular weight excluding hydrogens is 344 g/mol. The summed E-state index contributed by atoms with van der Waals surface area (Å²) in [5, 5.41) is 2.21. The number of rotatable bonds is 1. The Morgan fingerprint density at radius 2 is 1.81 bits per heavy atom. The molecule has 132 valence electrons. The second kappa shape index (κ2) is 6.58. The molecule has 0 amide bonds. The summed E-state index contributed by atoms with van der Waals surface area (Å²) in [6.45, 7) is 6.55. The number of thioether (sulfide) groups is 1. The van der Waals surface area contributed by atoms with E-state index in [0.29, 0.717) is 0 Å². The lowest BCUT2D eigenvalue weighted by Gasteiger charge is -2.16. The molecule has 1 heteroatoms. The summed E-state index contributed by atoms with van der Waals surface area (Å²) in [5.74, 6) is 0. The second-order valence-corrected chi connectivity index (χ2v) is 8.47. The monoisotopic (exact) mass is 366 g/mol. The standard InChI is InChI=1S/C26H22S/c1-17-9-10-19-15-21-7-5-8-22(26(21)24(19)14-17)20-11-12-25-23(16-20)18(2)6-3-4-13-27-25/h4-5,7-14,16H,2-3,6,15H2,1H3/b13-4-. The van der Waals surface area contributed by atoms with E-state index in [0.717, 1.165) is 19.3 Å². The van der Waals surface area contributed by atoms with Gasteiger partial charge in [0.05, 0.1) is 0 Å². The van der Waals surface area contributed by atoms with Crippen molar-refractivity contribution in [2.75, 3.05) is 0 Å². The van der Waals surface area contributed by atoms with Crippen molar-refractivity contribution in [3.8, 4) is 22.3 Å². The fourth-order valence-electron chi connectivity index (χ4n) is 4.25. The van der Waals surface area contributed by atoms with Crippen molar-refractivity contribution in [2.24, 2.45) is 0 Å². The average Bonchev–Trinajstić information content (AvgIpc) is 3.04. The summed E-state index contributed by atoms with van der Waals surface area (Å²) in [6.07, 6.45) is 5.39. The van der Waals surface area contributed by atoms with E-state index in [2.05, 4.69) is 79.6 Å². The smallest absolute Gasteiger partial charge is 0.0191 e. The molecule has 0 saturated carbocycles. The Morgan fingerprint density at radius 3 is 2.74 bits per heavy atom. The summed E-state index contributed by atoms with van der Waals surface area (Å²) in [5.41, 5.74) is 12.2. The highest BCUT2D eigenvalue weighted by Crippen LogP contribution is 2.44. The first kappa shape index (κ1) is 16.6. The topological polar surface area (TPSA) is 0 Å². The molecule has 0 aromatic heterocycles. The summed E-state index contributed by atoms with van der Waals surface area (Å²) in [6, 6.07) is 20.5. The molecule has 2 aliphatic rings. The van der Waals surface area contributed by atoms with Crippen LogP contribution in [0.25, 0.3) is 27.8 Å². The van der Waals surface area contributed by atoms with Gasteiger partial charge in [-0.05, 0) is 88.2 Å². The second-order valence-electron chi connectivity index (χ2n) is 7.52. The molecule has 27 heavy (non-hydrogen) atoms. The zero-order valence-corrected chi connectivity index (χ0v) is 16.4. The molecule has 0 bridgehead atoms. The van der Waals surface area contributed by atoms with Gasteiger partial charge in [-0.3, -0.25) is 0 Å². The van der Waals surface area contributed by atoms with E-state index in [1.54, 1.807) is 11.8 Å². The van der Waals surface area contributed by atoms with Crippen molar-refractivity contribution in [3.63, 3.8) is 0 Å². The lowest BCUT2D eigenvalue weighted by atomic mass is 9.91. The van der Waals surface area contributed by atoms with Crippen molar-refractivity contribution in [1.82, 2.24) is 0 Å². The summed E-state index contributed by atoms with van der Waals surface area (Å²) < 4.78 is 0. The van der Waals surface area contributed by atoms with E-state index in [1.165, 1.54) is 55.0 Å². The molecule has 0 radical (unpaired) electrons. The zero-order chi connectivity index (χ0) is 18.4. The maximum Gasteiger partial charge on any atom is 0.0191 e. The van der Waals surface area contributed by atoms with Gasteiger partial charge in [0.2, 0.25) is 0 Å². The molecule has 3 aromatic carbocycles. The molecule has 0 atom stereocenters. The minimum absolute atomic E-state index is 1.03. The van der Waals surface area contributed by atoms with Crippen LogP contribution in [0.3, 0.4) is 0 Å². The van der Waals surface area contributed by atoms with Crippen LogP contribution in [-0.2, 0) is 6.42 Å². The highest BCUT2D eigenvalue weighted by molar-refractivity contribution is 8.02. The Labute approximate surface area is 165 Å². The Hall–Kier alpha value is -2.51. The molecular formula is C26H22S. The van der Waals surface area contributed by atoms with E-state index in [4.69, 9.17) is 0 Å². The van der Waals surface area contributed by atoms with Crippen LogP contribution in [0.5, 0.6) is 0 Å². The van der Waals surface area contributed by atoms with Gasteiger partial charge in [0.25, 0.3) is 0 Å². The first-order valence-electron chi connectivity index (χ1n) is 9.57. The Kier molecular flexibility index (Phi) is 4.06. The van der Waals surface area contributed by atoms with Gasteiger partial charge in [0.15, 0.2) is 0 Å². The molecule has 0 unspecified atom stereocenters. The Balaban J connectivity index is 1.69. The maximum atomic E-state index is 4.36. The van der Waals surface area contributed by atoms with Crippen LogP contribution < -0.4 is 0 Å². The van der Waals surface area contributed by atoms with E-state index in [-0.39, 0.29) is 0 Å². The number of hydrogen-bond acceptors (Lipinski definition) is 1. The van der Waals surface area contributed by atoms with Crippen molar-refractivity contribution < 1.29 is 0 Å². The molecule has 5 rings (SSSR count). The third-order valence-electron chi connectivity index (χ3n) is 5.64. The first-order chi connectivity index (χ1) is 13.2. The van der Waals surface area contributed by atoms with E-state index in [1.807, 2.05) is 0 Å². The van der Waals surface area contributed by atoms with Gasteiger partial charge in [-0.15, -0.1) is 0 Å². The largest absolute Gasteiger partial charge is 0.0978 e. The zero-order valence-electron chi connectivity index (χ0n) is 15.6. The van der Waals surface area contributed by atoms with Crippen LogP contribution in [0.2, 0.25) is 0 Å². The number of benzene rings is 3. The summed E-state index contributed by atoms with van der Waals surface area (Å²) in [7, 11) is 0. The van der Waals surface area contributed by atoms with Gasteiger partial charge in [0.1, 0.15) is 0 Å². The van der Waals surface area contributed by atoms with E-state index >= 15 is 0 Å². The average molecular weight is 367 g/mol. The van der Waals surface area contributed by atoms with Crippen LogP contribution >= 0.6 is 11.8 Å². The fourth-order valence-corrected chi connectivity index (χ4v) is 5.10. The van der Waals surface area contributed by atoms with Gasteiger partial charge in [-0.2, -0.15) is 0 Å².